The predicted octanol–water partition coefficient (Wildman–Crippen LogP) is 2.48. The van der Waals surface area contributed by atoms with E-state index >= 15 is 0 Å². The Kier molecular flexibility index (Phi) is 3.01. The number of aromatic nitrogens is 3. The second-order valence-corrected chi connectivity index (χ2v) is 4.39. The number of imidazole rings is 1. The molecule has 0 aliphatic rings. The highest BCUT2D eigenvalue weighted by atomic mass is 16.3. The number of fused-ring (bicyclic) bond motifs is 1. The maximum absolute atomic E-state index is 9.57. The molecule has 0 spiro atoms. The molecule has 0 aliphatic carbocycles. The first kappa shape index (κ1) is 11.9. The van der Waals surface area contributed by atoms with E-state index < -0.39 is 0 Å². The average molecular weight is 253 g/mol. The van der Waals surface area contributed by atoms with Crippen LogP contribution in [0.3, 0.4) is 0 Å². The Labute approximate surface area is 111 Å². The minimum absolute atomic E-state index is 0.0332. The van der Waals surface area contributed by atoms with E-state index in [1.165, 1.54) is 0 Å². The van der Waals surface area contributed by atoms with E-state index in [-0.39, 0.29) is 6.61 Å². The minimum Gasteiger partial charge on any atom is -0.392 e. The molecular weight excluding hydrogens is 238 g/mol. The average Bonchev–Trinajstić information content (AvgIpc) is 2.94. The summed E-state index contributed by atoms with van der Waals surface area (Å²) in [4.78, 5) is 8.97. The lowest BCUT2D eigenvalue weighted by Gasteiger charge is -2.11. The van der Waals surface area contributed by atoms with Gasteiger partial charge in [-0.05, 0) is 12.1 Å². The van der Waals surface area contributed by atoms with Gasteiger partial charge in [-0.2, -0.15) is 0 Å². The molecule has 0 fully saturated rings. The molecule has 0 bridgehead atoms. The summed E-state index contributed by atoms with van der Waals surface area (Å²) in [6.45, 7) is 2.02. The summed E-state index contributed by atoms with van der Waals surface area (Å²) in [6, 6.07) is 9.89. The van der Waals surface area contributed by atoms with Crippen molar-refractivity contribution in [2.45, 2.75) is 20.0 Å². The molecule has 0 aliphatic heterocycles. The van der Waals surface area contributed by atoms with Gasteiger partial charge in [-0.25, -0.2) is 9.97 Å². The van der Waals surface area contributed by atoms with Crippen molar-refractivity contribution in [3.63, 3.8) is 0 Å². The molecule has 3 rings (SSSR count). The Balaban J connectivity index is 2.27. The van der Waals surface area contributed by atoms with Crippen molar-refractivity contribution in [3.8, 4) is 5.82 Å². The molecule has 4 heteroatoms. The molecule has 0 amide bonds. The van der Waals surface area contributed by atoms with Crippen molar-refractivity contribution in [2.24, 2.45) is 0 Å². The lowest BCUT2D eigenvalue weighted by atomic mass is 10.1. The van der Waals surface area contributed by atoms with E-state index in [9.17, 15) is 5.11 Å². The SMILES string of the molecule is CCc1nccn1-c1nc2ccccc2cc1CO. The van der Waals surface area contributed by atoms with Crippen molar-refractivity contribution >= 4 is 10.9 Å². The lowest BCUT2D eigenvalue weighted by Crippen LogP contribution is -2.06. The Hall–Kier alpha value is -2.20. The largest absolute Gasteiger partial charge is 0.392 e. The van der Waals surface area contributed by atoms with Crippen LogP contribution in [0.2, 0.25) is 0 Å². The fourth-order valence-corrected chi connectivity index (χ4v) is 2.26. The Morgan fingerprint density at radius 2 is 2.11 bits per heavy atom. The molecule has 0 saturated carbocycles. The van der Waals surface area contributed by atoms with Gasteiger partial charge in [0.1, 0.15) is 11.6 Å². The normalized spacial score (nSPS) is 11.1. The molecule has 0 unspecified atom stereocenters. The summed E-state index contributed by atoms with van der Waals surface area (Å²) in [5.41, 5.74) is 1.73. The molecule has 1 N–H and O–H groups in total. The number of para-hydroxylation sites is 1. The van der Waals surface area contributed by atoms with Crippen molar-refractivity contribution < 1.29 is 5.11 Å². The molecule has 2 heterocycles. The van der Waals surface area contributed by atoms with E-state index in [1.807, 2.05) is 41.1 Å². The monoisotopic (exact) mass is 253 g/mol. The van der Waals surface area contributed by atoms with Gasteiger partial charge >= 0.3 is 0 Å². The molecule has 0 saturated heterocycles. The Morgan fingerprint density at radius 1 is 1.26 bits per heavy atom. The van der Waals surface area contributed by atoms with Crippen LogP contribution in [0.25, 0.3) is 16.7 Å². The number of nitrogens with zero attached hydrogens (tertiary/aromatic N) is 3. The standard InChI is InChI=1S/C15H15N3O/c1-2-14-16-7-8-18(14)15-12(10-19)9-11-5-3-4-6-13(11)17-15/h3-9,19H,2,10H2,1H3. The van der Waals surface area contributed by atoms with Gasteiger partial charge < -0.3 is 5.11 Å². The summed E-state index contributed by atoms with van der Waals surface area (Å²) < 4.78 is 1.94. The second kappa shape index (κ2) is 4.82. The van der Waals surface area contributed by atoms with E-state index in [0.29, 0.717) is 0 Å². The van der Waals surface area contributed by atoms with Crippen LogP contribution in [0.5, 0.6) is 0 Å². The minimum atomic E-state index is -0.0332. The topological polar surface area (TPSA) is 50.9 Å². The third-order valence-corrected chi connectivity index (χ3v) is 3.21. The van der Waals surface area contributed by atoms with E-state index in [1.54, 1.807) is 6.20 Å². The van der Waals surface area contributed by atoms with Crippen LogP contribution in [0.4, 0.5) is 0 Å². The first-order chi connectivity index (χ1) is 9.33. The number of hydrogen-bond donors (Lipinski definition) is 1. The molecular formula is C15H15N3O. The van der Waals surface area contributed by atoms with Gasteiger partial charge in [-0.3, -0.25) is 4.57 Å². The van der Waals surface area contributed by atoms with Crippen molar-refractivity contribution in [3.05, 3.63) is 54.1 Å². The number of benzene rings is 1. The zero-order valence-electron chi connectivity index (χ0n) is 10.7. The molecule has 96 valence electrons. The molecule has 19 heavy (non-hydrogen) atoms. The molecule has 3 aromatic rings. The Morgan fingerprint density at radius 3 is 2.89 bits per heavy atom. The van der Waals surface area contributed by atoms with Crippen molar-refractivity contribution in [1.82, 2.24) is 14.5 Å². The lowest BCUT2D eigenvalue weighted by molar-refractivity contribution is 0.281. The highest BCUT2D eigenvalue weighted by Gasteiger charge is 2.11. The summed E-state index contributed by atoms with van der Waals surface area (Å²) in [7, 11) is 0. The van der Waals surface area contributed by atoms with Gasteiger partial charge in [0, 0.05) is 29.8 Å². The quantitative estimate of drug-likeness (QED) is 0.780. The first-order valence-electron chi connectivity index (χ1n) is 6.35. The van der Waals surface area contributed by atoms with Crippen LogP contribution in [0, 0.1) is 0 Å². The molecule has 0 radical (unpaired) electrons. The van der Waals surface area contributed by atoms with Crippen LogP contribution in [-0.2, 0) is 13.0 Å². The zero-order chi connectivity index (χ0) is 13.2. The van der Waals surface area contributed by atoms with Gasteiger partial charge in [-0.15, -0.1) is 0 Å². The smallest absolute Gasteiger partial charge is 0.144 e. The molecule has 2 aromatic heterocycles. The van der Waals surface area contributed by atoms with Crippen molar-refractivity contribution in [1.29, 1.82) is 0 Å². The first-order valence-corrected chi connectivity index (χ1v) is 6.35. The van der Waals surface area contributed by atoms with Crippen molar-refractivity contribution in [2.75, 3.05) is 0 Å². The fourth-order valence-electron chi connectivity index (χ4n) is 2.26. The third-order valence-electron chi connectivity index (χ3n) is 3.21. The maximum Gasteiger partial charge on any atom is 0.144 e. The van der Waals surface area contributed by atoms with E-state index in [0.717, 1.165) is 34.5 Å². The van der Waals surface area contributed by atoms with Crippen LogP contribution < -0.4 is 0 Å². The number of pyridine rings is 1. The third kappa shape index (κ3) is 2.00. The van der Waals surface area contributed by atoms with Gasteiger partial charge in [0.2, 0.25) is 0 Å². The number of aliphatic hydroxyl groups is 1. The highest BCUT2D eigenvalue weighted by Crippen LogP contribution is 2.21. The molecule has 1 aromatic carbocycles. The summed E-state index contributed by atoms with van der Waals surface area (Å²) in [5, 5.41) is 10.6. The summed E-state index contributed by atoms with van der Waals surface area (Å²) in [6.07, 6.45) is 4.47. The number of rotatable bonds is 3. The highest BCUT2D eigenvalue weighted by molar-refractivity contribution is 5.80. The van der Waals surface area contributed by atoms with Gasteiger partial charge in [0.25, 0.3) is 0 Å². The van der Waals surface area contributed by atoms with E-state index in [4.69, 9.17) is 0 Å². The predicted molar refractivity (Wildman–Crippen MR) is 74.2 cm³/mol. The molecule has 0 atom stereocenters. The van der Waals surface area contributed by atoms with Crippen LogP contribution in [0.1, 0.15) is 18.3 Å². The summed E-state index contributed by atoms with van der Waals surface area (Å²) in [5.74, 6) is 1.70. The van der Waals surface area contributed by atoms with Gasteiger partial charge in [-0.1, -0.05) is 25.1 Å². The van der Waals surface area contributed by atoms with Crippen LogP contribution >= 0.6 is 0 Å². The Bertz CT molecular complexity index is 718. The van der Waals surface area contributed by atoms with Gasteiger partial charge in [0.15, 0.2) is 0 Å². The second-order valence-electron chi connectivity index (χ2n) is 4.39. The van der Waals surface area contributed by atoms with Crippen LogP contribution in [-0.4, -0.2) is 19.6 Å². The summed E-state index contributed by atoms with van der Waals surface area (Å²) >= 11 is 0. The maximum atomic E-state index is 9.57. The number of hydrogen-bond acceptors (Lipinski definition) is 3. The fraction of sp³-hybridized carbons (Fsp3) is 0.200. The number of aliphatic hydroxyl groups excluding tert-OH is 1. The zero-order valence-corrected chi connectivity index (χ0v) is 10.7. The molecule has 4 nitrogen and oxygen atoms in total. The van der Waals surface area contributed by atoms with Gasteiger partial charge in [0.05, 0.1) is 12.1 Å². The van der Waals surface area contributed by atoms with Crippen LogP contribution in [0.15, 0.2) is 42.7 Å². The van der Waals surface area contributed by atoms with E-state index in [2.05, 4.69) is 16.9 Å². The number of aryl methyl sites for hydroxylation is 1.